The summed E-state index contributed by atoms with van der Waals surface area (Å²) < 4.78 is 10.3. The number of carboxylic acids is 1. The van der Waals surface area contributed by atoms with Crippen LogP contribution in [0.15, 0.2) is 28.7 Å². The Balaban J connectivity index is 2.56. The second kappa shape index (κ2) is 4.29. The van der Waals surface area contributed by atoms with Crippen LogP contribution < -0.4 is 4.74 Å². The number of aromatic carboxylic acids is 1. The third-order valence-corrected chi connectivity index (χ3v) is 2.34. The summed E-state index contributed by atoms with van der Waals surface area (Å²) in [4.78, 5) is 14.7. The van der Waals surface area contributed by atoms with Crippen LogP contribution in [0, 0.1) is 6.92 Å². The van der Waals surface area contributed by atoms with E-state index in [1.807, 2.05) is 12.1 Å². The van der Waals surface area contributed by atoms with Crippen molar-refractivity contribution in [3.05, 3.63) is 35.9 Å². The molecule has 0 aliphatic carbocycles. The van der Waals surface area contributed by atoms with E-state index in [4.69, 9.17) is 14.3 Å². The molecule has 88 valence electrons. The topological polar surface area (TPSA) is 72.6 Å². The second-order valence-electron chi connectivity index (χ2n) is 3.43. The quantitative estimate of drug-likeness (QED) is 0.880. The lowest BCUT2D eigenvalue weighted by Gasteiger charge is -2.05. The van der Waals surface area contributed by atoms with Crippen molar-refractivity contribution in [3.8, 4) is 17.0 Å². The number of benzene rings is 1. The van der Waals surface area contributed by atoms with E-state index in [2.05, 4.69) is 4.98 Å². The lowest BCUT2D eigenvalue weighted by molar-refractivity contribution is 0.0652. The van der Waals surface area contributed by atoms with E-state index in [-0.39, 0.29) is 5.89 Å². The van der Waals surface area contributed by atoms with Gasteiger partial charge in [0.15, 0.2) is 0 Å². The predicted octanol–water partition coefficient (Wildman–Crippen LogP) is 2.36. The smallest absolute Gasteiger partial charge is 0.392 e. The Labute approximate surface area is 97.7 Å². The number of hydrogen-bond donors (Lipinski definition) is 1. The van der Waals surface area contributed by atoms with Crippen LogP contribution in [0.3, 0.4) is 0 Å². The highest BCUT2D eigenvalue weighted by molar-refractivity contribution is 5.83. The molecule has 0 atom stereocenters. The summed E-state index contributed by atoms with van der Waals surface area (Å²) in [5.74, 6) is -0.426. The second-order valence-corrected chi connectivity index (χ2v) is 3.43. The molecule has 0 bridgehead atoms. The van der Waals surface area contributed by atoms with E-state index in [1.54, 1.807) is 26.2 Å². The molecule has 17 heavy (non-hydrogen) atoms. The van der Waals surface area contributed by atoms with Gasteiger partial charge in [-0.1, -0.05) is 12.1 Å². The Morgan fingerprint density at radius 3 is 2.71 bits per heavy atom. The number of para-hydroxylation sites is 1. The average molecular weight is 233 g/mol. The van der Waals surface area contributed by atoms with Crippen LogP contribution >= 0.6 is 0 Å². The number of aryl methyl sites for hydroxylation is 1. The molecular formula is C12H11NO4. The molecule has 5 heteroatoms. The lowest BCUT2D eigenvalue weighted by atomic mass is 10.1. The largest absolute Gasteiger partial charge is 0.496 e. The van der Waals surface area contributed by atoms with E-state index in [1.165, 1.54) is 0 Å². The number of carbonyl (C=O) groups is 1. The molecule has 0 saturated carbocycles. The van der Waals surface area contributed by atoms with E-state index >= 15 is 0 Å². The first-order chi connectivity index (χ1) is 8.13. The lowest BCUT2D eigenvalue weighted by Crippen LogP contribution is -1.96. The summed E-state index contributed by atoms with van der Waals surface area (Å²) in [7, 11) is 1.55. The van der Waals surface area contributed by atoms with Gasteiger partial charge in [-0.2, -0.15) is 0 Å². The number of oxazole rings is 1. The van der Waals surface area contributed by atoms with Crippen molar-refractivity contribution in [1.82, 2.24) is 4.98 Å². The molecular weight excluding hydrogens is 222 g/mol. The minimum atomic E-state index is -1.19. The molecule has 2 rings (SSSR count). The zero-order valence-corrected chi connectivity index (χ0v) is 9.43. The molecule has 1 heterocycles. The molecule has 0 spiro atoms. The molecule has 0 saturated heterocycles. The van der Waals surface area contributed by atoms with Crippen molar-refractivity contribution in [1.29, 1.82) is 0 Å². The van der Waals surface area contributed by atoms with Gasteiger partial charge in [-0.3, -0.25) is 0 Å². The van der Waals surface area contributed by atoms with E-state index in [0.29, 0.717) is 22.8 Å². The summed E-state index contributed by atoms with van der Waals surface area (Å²) >= 11 is 0. The molecule has 2 aromatic rings. The number of aromatic nitrogens is 1. The number of methoxy groups -OCH3 is 1. The number of rotatable bonds is 3. The zero-order chi connectivity index (χ0) is 12.4. The third kappa shape index (κ3) is 1.99. The van der Waals surface area contributed by atoms with Crippen molar-refractivity contribution in [3.63, 3.8) is 0 Å². The van der Waals surface area contributed by atoms with Gasteiger partial charge in [-0.05, 0) is 19.1 Å². The summed E-state index contributed by atoms with van der Waals surface area (Å²) in [6, 6.07) is 7.24. The van der Waals surface area contributed by atoms with Crippen LogP contribution in [0.1, 0.15) is 16.4 Å². The molecule has 0 radical (unpaired) electrons. The number of nitrogens with zero attached hydrogens (tertiary/aromatic N) is 1. The first kappa shape index (κ1) is 11.2. The van der Waals surface area contributed by atoms with Crippen LogP contribution in [0.5, 0.6) is 5.75 Å². The van der Waals surface area contributed by atoms with Crippen molar-refractivity contribution < 1.29 is 19.1 Å². The van der Waals surface area contributed by atoms with Gasteiger partial charge in [0.05, 0.1) is 7.11 Å². The summed E-state index contributed by atoms with van der Waals surface area (Å²) in [5, 5.41) is 8.81. The zero-order valence-electron chi connectivity index (χ0n) is 9.43. The van der Waals surface area contributed by atoms with Gasteiger partial charge in [0.1, 0.15) is 17.2 Å². The molecule has 1 N–H and O–H groups in total. The average Bonchev–Trinajstić information content (AvgIpc) is 2.71. The number of ether oxygens (including phenoxy) is 1. The first-order valence-corrected chi connectivity index (χ1v) is 4.97. The molecule has 0 fully saturated rings. The van der Waals surface area contributed by atoms with E-state index in [0.717, 1.165) is 0 Å². The fourth-order valence-electron chi connectivity index (χ4n) is 1.58. The molecule has 1 aromatic carbocycles. The van der Waals surface area contributed by atoms with E-state index in [9.17, 15) is 4.79 Å². The maximum atomic E-state index is 10.8. The van der Waals surface area contributed by atoms with E-state index < -0.39 is 5.97 Å². The van der Waals surface area contributed by atoms with Gasteiger partial charge in [-0.25, -0.2) is 9.78 Å². The van der Waals surface area contributed by atoms with Crippen LogP contribution in [-0.2, 0) is 0 Å². The van der Waals surface area contributed by atoms with Gasteiger partial charge >= 0.3 is 11.9 Å². The monoisotopic (exact) mass is 233 g/mol. The van der Waals surface area contributed by atoms with Gasteiger partial charge in [0.25, 0.3) is 0 Å². The van der Waals surface area contributed by atoms with Gasteiger partial charge in [0.2, 0.25) is 0 Å². The van der Waals surface area contributed by atoms with Gasteiger partial charge in [0, 0.05) is 5.56 Å². The standard InChI is InChI=1S/C12H11NO4/c1-7-10(13-11(17-7)12(14)15)8-5-3-4-6-9(8)16-2/h3-6H,1-2H3,(H,14,15). The molecule has 0 aliphatic heterocycles. The van der Waals surface area contributed by atoms with Crippen LogP contribution in [0.2, 0.25) is 0 Å². The Morgan fingerprint density at radius 2 is 2.12 bits per heavy atom. The summed E-state index contributed by atoms with van der Waals surface area (Å²) in [6.07, 6.45) is 0. The van der Waals surface area contributed by atoms with Crippen molar-refractivity contribution in [2.45, 2.75) is 6.92 Å². The minimum absolute atomic E-state index is 0.316. The first-order valence-electron chi connectivity index (χ1n) is 4.97. The molecule has 1 aromatic heterocycles. The minimum Gasteiger partial charge on any atom is -0.496 e. The van der Waals surface area contributed by atoms with Gasteiger partial charge in [-0.15, -0.1) is 0 Å². The Bertz CT molecular complexity index is 559. The maximum Gasteiger partial charge on any atom is 0.392 e. The van der Waals surface area contributed by atoms with Crippen molar-refractivity contribution >= 4 is 5.97 Å². The highest BCUT2D eigenvalue weighted by atomic mass is 16.5. The number of carboxylic acid groups (broad SMARTS) is 1. The predicted molar refractivity (Wildman–Crippen MR) is 60.2 cm³/mol. The maximum absolute atomic E-state index is 10.8. The van der Waals surface area contributed by atoms with Crippen molar-refractivity contribution in [2.24, 2.45) is 0 Å². The highest BCUT2D eigenvalue weighted by Gasteiger charge is 2.18. The summed E-state index contributed by atoms with van der Waals surface area (Å²) in [6.45, 7) is 1.67. The normalized spacial score (nSPS) is 10.2. The Hall–Kier alpha value is -2.30. The van der Waals surface area contributed by atoms with Crippen LogP contribution in [-0.4, -0.2) is 23.2 Å². The van der Waals surface area contributed by atoms with Gasteiger partial charge < -0.3 is 14.3 Å². The molecule has 0 aliphatic rings. The van der Waals surface area contributed by atoms with Crippen molar-refractivity contribution in [2.75, 3.05) is 7.11 Å². The number of hydrogen-bond acceptors (Lipinski definition) is 4. The molecule has 0 unspecified atom stereocenters. The Morgan fingerprint density at radius 1 is 1.41 bits per heavy atom. The molecule has 5 nitrogen and oxygen atoms in total. The van der Waals surface area contributed by atoms with Crippen LogP contribution in [0.4, 0.5) is 0 Å². The fraction of sp³-hybridized carbons (Fsp3) is 0.167. The molecule has 0 amide bonds. The third-order valence-electron chi connectivity index (χ3n) is 2.34. The fourth-order valence-corrected chi connectivity index (χ4v) is 1.58. The SMILES string of the molecule is COc1ccccc1-c1nc(C(=O)O)oc1C. The Kier molecular flexibility index (Phi) is 2.82. The highest BCUT2D eigenvalue weighted by Crippen LogP contribution is 2.31. The summed E-state index contributed by atoms with van der Waals surface area (Å²) in [5.41, 5.74) is 1.20. The van der Waals surface area contributed by atoms with Crippen LogP contribution in [0.25, 0.3) is 11.3 Å².